The maximum atomic E-state index is 13.2. The number of nitrogens with one attached hydrogen (secondary N) is 1. The van der Waals surface area contributed by atoms with Gasteiger partial charge in [-0.1, -0.05) is 23.7 Å². The predicted molar refractivity (Wildman–Crippen MR) is 109 cm³/mol. The molecule has 0 aliphatic heterocycles. The van der Waals surface area contributed by atoms with Crippen molar-refractivity contribution in [2.45, 2.75) is 5.66 Å². The lowest BCUT2D eigenvalue weighted by Gasteiger charge is -2.18. The number of hydrogen-bond donors (Lipinski definition) is 2. The van der Waals surface area contributed by atoms with Gasteiger partial charge in [0, 0.05) is 22.6 Å². The van der Waals surface area contributed by atoms with Gasteiger partial charge in [0.2, 0.25) is 13.3 Å². The Kier molecular flexibility index (Phi) is 5.82. The van der Waals surface area contributed by atoms with Crippen molar-refractivity contribution in [1.82, 2.24) is 5.32 Å². The SMILES string of the molecule is CP(=O)(O)C(C(=O)NC=Cc1cccc(F)c1)c1csc2ccc(Cl)cc12. The van der Waals surface area contributed by atoms with E-state index < -0.39 is 24.8 Å². The van der Waals surface area contributed by atoms with Crippen LogP contribution in [-0.2, 0) is 9.36 Å². The molecule has 0 spiro atoms. The molecule has 3 rings (SSSR count). The Morgan fingerprint density at radius 1 is 1.33 bits per heavy atom. The number of thiophene rings is 1. The molecule has 2 unspecified atom stereocenters. The van der Waals surface area contributed by atoms with E-state index in [2.05, 4.69) is 5.32 Å². The van der Waals surface area contributed by atoms with Crippen LogP contribution in [0.2, 0.25) is 5.02 Å². The Hall–Kier alpha value is -1.98. The summed E-state index contributed by atoms with van der Waals surface area (Å²) in [5, 5.41) is 5.39. The van der Waals surface area contributed by atoms with Gasteiger partial charge in [-0.25, -0.2) is 4.39 Å². The number of fused-ring (bicyclic) bond motifs is 1. The Balaban J connectivity index is 1.89. The number of benzene rings is 2. The third-order valence-electron chi connectivity index (χ3n) is 3.94. The van der Waals surface area contributed by atoms with Gasteiger partial charge in [-0.15, -0.1) is 11.3 Å². The van der Waals surface area contributed by atoms with Gasteiger partial charge in [0.1, 0.15) is 11.5 Å². The first-order valence-corrected chi connectivity index (χ1v) is 11.4. The van der Waals surface area contributed by atoms with E-state index in [9.17, 15) is 18.6 Å². The maximum absolute atomic E-state index is 13.2. The van der Waals surface area contributed by atoms with Gasteiger partial charge in [0.25, 0.3) is 0 Å². The molecule has 8 heteroatoms. The number of carbonyl (C=O) groups excluding carboxylic acids is 1. The number of carbonyl (C=O) groups is 1. The Bertz CT molecular complexity index is 1080. The third kappa shape index (κ3) is 4.66. The summed E-state index contributed by atoms with van der Waals surface area (Å²) in [5.41, 5.74) is -0.215. The third-order valence-corrected chi connectivity index (χ3v) is 6.63. The van der Waals surface area contributed by atoms with E-state index in [1.165, 1.54) is 35.7 Å². The highest BCUT2D eigenvalue weighted by atomic mass is 35.5. The molecule has 2 N–H and O–H groups in total. The molecule has 1 aromatic heterocycles. The van der Waals surface area contributed by atoms with Crippen molar-refractivity contribution >= 4 is 52.4 Å². The highest BCUT2D eigenvalue weighted by molar-refractivity contribution is 7.58. The van der Waals surface area contributed by atoms with E-state index in [4.69, 9.17) is 11.6 Å². The second kappa shape index (κ2) is 7.95. The van der Waals surface area contributed by atoms with E-state index in [0.717, 1.165) is 11.4 Å². The van der Waals surface area contributed by atoms with Crippen molar-refractivity contribution in [3.63, 3.8) is 0 Å². The minimum Gasteiger partial charge on any atom is -0.344 e. The van der Waals surface area contributed by atoms with E-state index in [0.29, 0.717) is 21.5 Å². The van der Waals surface area contributed by atoms with Crippen molar-refractivity contribution in [2.75, 3.05) is 6.66 Å². The average molecular weight is 424 g/mol. The molecule has 140 valence electrons. The van der Waals surface area contributed by atoms with Crippen LogP contribution >= 0.6 is 30.3 Å². The summed E-state index contributed by atoms with van der Waals surface area (Å²) < 4.78 is 26.5. The predicted octanol–water partition coefficient (Wildman–Crippen LogP) is 5.42. The second-order valence-electron chi connectivity index (χ2n) is 6.07. The smallest absolute Gasteiger partial charge is 0.241 e. The van der Waals surface area contributed by atoms with Crippen LogP contribution in [0.15, 0.2) is 54.0 Å². The summed E-state index contributed by atoms with van der Waals surface area (Å²) in [5.74, 6) is -1.01. The lowest BCUT2D eigenvalue weighted by molar-refractivity contribution is -0.120. The zero-order chi connectivity index (χ0) is 19.6. The number of rotatable bonds is 5. The monoisotopic (exact) mass is 423 g/mol. The summed E-state index contributed by atoms with van der Waals surface area (Å²) in [7, 11) is -3.80. The van der Waals surface area contributed by atoms with Crippen molar-refractivity contribution in [1.29, 1.82) is 0 Å². The first-order chi connectivity index (χ1) is 12.8. The number of hydrogen-bond acceptors (Lipinski definition) is 3. The Labute approximate surface area is 164 Å². The molecule has 1 amide bonds. The molecule has 0 bridgehead atoms. The minimum absolute atomic E-state index is 0.392. The fourth-order valence-electron chi connectivity index (χ4n) is 2.76. The normalized spacial score (nSPS) is 15.0. The summed E-state index contributed by atoms with van der Waals surface area (Å²) in [4.78, 5) is 22.9. The molecule has 2 atom stereocenters. The molecule has 0 aliphatic rings. The van der Waals surface area contributed by atoms with E-state index in [1.54, 1.807) is 29.6 Å². The lowest BCUT2D eigenvalue weighted by Crippen LogP contribution is -2.25. The number of amides is 1. The van der Waals surface area contributed by atoms with Gasteiger partial charge >= 0.3 is 0 Å². The molecule has 0 aliphatic carbocycles. The van der Waals surface area contributed by atoms with E-state index >= 15 is 0 Å². The first-order valence-electron chi connectivity index (χ1n) is 7.95. The molecule has 2 aromatic carbocycles. The number of halogens is 2. The van der Waals surface area contributed by atoms with Gasteiger partial charge in [0.05, 0.1) is 0 Å². The quantitative estimate of drug-likeness (QED) is 0.538. The molecule has 3 aromatic rings. The summed E-state index contributed by atoms with van der Waals surface area (Å²) in [6.45, 7) is 1.15. The molecule has 0 fully saturated rings. The topological polar surface area (TPSA) is 66.4 Å². The highest BCUT2D eigenvalue weighted by Crippen LogP contribution is 2.54. The zero-order valence-corrected chi connectivity index (χ0v) is 16.7. The molecule has 27 heavy (non-hydrogen) atoms. The van der Waals surface area contributed by atoms with Gasteiger partial charge in [-0.3, -0.25) is 9.36 Å². The highest BCUT2D eigenvalue weighted by Gasteiger charge is 2.36. The van der Waals surface area contributed by atoms with Crippen LogP contribution in [0, 0.1) is 5.82 Å². The van der Waals surface area contributed by atoms with Crippen LogP contribution in [-0.4, -0.2) is 17.5 Å². The van der Waals surface area contributed by atoms with Crippen LogP contribution in [0.25, 0.3) is 16.2 Å². The lowest BCUT2D eigenvalue weighted by atomic mass is 10.1. The van der Waals surface area contributed by atoms with Crippen LogP contribution in [0.3, 0.4) is 0 Å². The van der Waals surface area contributed by atoms with Crippen molar-refractivity contribution < 1.29 is 18.6 Å². The largest absolute Gasteiger partial charge is 0.344 e. The summed E-state index contributed by atoms with van der Waals surface area (Å²) in [6, 6.07) is 11.1. The molecule has 4 nitrogen and oxygen atoms in total. The molecule has 0 radical (unpaired) electrons. The fraction of sp³-hybridized carbons (Fsp3) is 0.105. The Morgan fingerprint density at radius 3 is 2.81 bits per heavy atom. The second-order valence-corrected chi connectivity index (χ2v) is 9.82. The molecule has 0 saturated heterocycles. The molecular weight excluding hydrogens is 408 g/mol. The zero-order valence-electron chi connectivity index (χ0n) is 14.2. The molecular formula is C19H16ClFNO3PS. The van der Waals surface area contributed by atoms with Crippen LogP contribution in [0.4, 0.5) is 4.39 Å². The summed E-state index contributed by atoms with van der Waals surface area (Å²) >= 11 is 7.42. The van der Waals surface area contributed by atoms with Gasteiger partial charge in [0.15, 0.2) is 0 Å². The van der Waals surface area contributed by atoms with Crippen molar-refractivity contribution in [2.24, 2.45) is 0 Å². The fourth-order valence-corrected chi connectivity index (χ4v) is 5.24. The molecule has 0 saturated carbocycles. The summed E-state index contributed by atoms with van der Waals surface area (Å²) in [6.07, 6.45) is 2.85. The van der Waals surface area contributed by atoms with Gasteiger partial charge in [-0.05, 0) is 58.3 Å². The van der Waals surface area contributed by atoms with Gasteiger partial charge < -0.3 is 10.2 Å². The molecule has 1 heterocycles. The van der Waals surface area contributed by atoms with Crippen LogP contribution in [0.5, 0.6) is 0 Å². The van der Waals surface area contributed by atoms with Crippen LogP contribution in [0.1, 0.15) is 16.8 Å². The minimum atomic E-state index is -3.80. The van der Waals surface area contributed by atoms with E-state index in [1.807, 2.05) is 6.07 Å². The van der Waals surface area contributed by atoms with Crippen molar-refractivity contribution in [3.05, 3.63) is 76.0 Å². The average Bonchev–Trinajstić information content (AvgIpc) is 2.96. The van der Waals surface area contributed by atoms with E-state index in [-0.39, 0.29) is 0 Å². The van der Waals surface area contributed by atoms with Gasteiger partial charge in [-0.2, -0.15) is 0 Å². The Morgan fingerprint density at radius 2 is 2.11 bits per heavy atom. The first kappa shape index (κ1) is 19.8. The maximum Gasteiger partial charge on any atom is 0.241 e. The standard InChI is InChI=1S/C19H16ClFNO3PS/c1-26(24,25)18(16-11-27-17-6-5-13(20)10-15(16)17)19(23)22-8-7-12-3-2-4-14(21)9-12/h2-11,18H,1H3,(H,22,23)(H,24,25). The van der Waals surface area contributed by atoms with Crippen LogP contribution < -0.4 is 5.32 Å². The van der Waals surface area contributed by atoms with Crippen molar-refractivity contribution in [3.8, 4) is 0 Å².